The summed E-state index contributed by atoms with van der Waals surface area (Å²) >= 11 is 3.49. The van der Waals surface area contributed by atoms with E-state index in [1.807, 2.05) is 47.1 Å². The average Bonchev–Trinajstić information content (AvgIpc) is 3.29. The number of nitrogens with zero attached hydrogens (tertiary/aromatic N) is 4. The molecule has 0 fully saturated rings. The zero-order valence-corrected chi connectivity index (χ0v) is 16.5. The maximum Gasteiger partial charge on any atom is 0.257 e. The Morgan fingerprint density at radius 1 is 1.11 bits per heavy atom. The van der Waals surface area contributed by atoms with Crippen LogP contribution >= 0.6 is 15.9 Å². The predicted octanol–water partition coefficient (Wildman–Crippen LogP) is 4.45. The third kappa shape index (κ3) is 3.07. The Kier molecular flexibility index (Phi) is 4.16. The highest BCUT2D eigenvalue weighted by Crippen LogP contribution is 2.28. The van der Waals surface area contributed by atoms with Gasteiger partial charge in [-0.2, -0.15) is 5.10 Å². The molecule has 28 heavy (non-hydrogen) atoms. The van der Waals surface area contributed by atoms with Crippen LogP contribution in [0.5, 0.6) is 0 Å². The molecule has 0 spiro atoms. The number of anilines is 1. The molecule has 5 rings (SSSR count). The van der Waals surface area contributed by atoms with E-state index < -0.39 is 0 Å². The SMILES string of the molecule is O=C(Nc1cc2n(n1)CCC2)c1cc(-c2ccncc2)nc2ccc(Br)cc12. The minimum absolute atomic E-state index is 0.197. The minimum Gasteiger partial charge on any atom is -0.305 e. The van der Waals surface area contributed by atoms with E-state index in [-0.39, 0.29) is 5.91 Å². The van der Waals surface area contributed by atoms with Crippen molar-refractivity contribution < 1.29 is 4.79 Å². The lowest BCUT2D eigenvalue weighted by molar-refractivity contribution is 0.102. The smallest absolute Gasteiger partial charge is 0.257 e. The molecule has 4 aromatic rings. The van der Waals surface area contributed by atoms with Gasteiger partial charge in [0.15, 0.2) is 5.82 Å². The third-order valence-corrected chi connectivity index (χ3v) is 5.39. The van der Waals surface area contributed by atoms with Crippen LogP contribution in [0.4, 0.5) is 5.82 Å². The molecule has 0 atom stereocenters. The van der Waals surface area contributed by atoms with Crippen LogP contribution in [0.15, 0.2) is 59.3 Å². The quantitative estimate of drug-likeness (QED) is 0.517. The molecule has 0 unspecified atom stereocenters. The van der Waals surface area contributed by atoms with Gasteiger partial charge in [0.25, 0.3) is 5.91 Å². The van der Waals surface area contributed by atoms with Gasteiger partial charge < -0.3 is 5.32 Å². The molecule has 4 heterocycles. The monoisotopic (exact) mass is 433 g/mol. The number of hydrogen-bond donors (Lipinski definition) is 1. The molecule has 138 valence electrons. The summed E-state index contributed by atoms with van der Waals surface area (Å²) in [6.45, 7) is 0.905. The second kappa shape index (κ2) is 6.83. The Morgan fingerprint density at radius 3 is 2.79 bits per heavy atom. The Morgan fingerprint density at radius 2 is 1.96 bits per heavy atom. The number of carbonyl (C=O) groups is 1. The summed E-state index contributed by atoms with van der Waals surface area (Å²) in [5.74, 6) is 0.391. The molecule has 3 aromatic heterocycles. The Labute approximate surface area is 169 Å². The van der Waals surface area contributed by atoms with E-state index in [1.54, 1.807) is 12.4 Å². The molecule has 1 aliphatic rings. The van der Waals surface area contributed by atoms with Crippen LogP contribution in [0, 0.1) is 0 Å². The topological polar surface area (TPSA) is 72.7 Å². The number of nitrogens with one attached hydrogen (secondary N) is 1. The highest BCUT2D eigenvalue weighted by atomic mass is 79.9. The number of aryl methyl sites for hydroxylation is 2. The van der Waals surface area contributed by atoms with Crippen LogP contribution < -0.4 is 5.32 Å². The molecule has 0 radical (unpaired) electrons. The van der Waals surface area contributed by atoms with Gasteiger partial charge in [0.2, 0.25) is 0 Å². The van der Waals surface area contributed by atoms with E-state index in [4.69, 9.17) is 4.98 Å². The summed E-state index contributed by atoms with van der Waals surface area (Å²) in [7, 11) is 0. The normalized spacial score (nSPS) is 12.9. The first kappa shape index (κ1) is 17.1. The second-order valence-electron chi connectivity index (χ2n) is 6.75. The van der Waals surface area contributed by atoms with Crippen LogP contribution in [0.2, 0.25) is 0 Å². The molecular weight excluding hydrogens is 418 g/mol. The lowest BCUT2D eigenvalue weighted by Crippen LogP contribution is -2.14. The maximum atomic E-state index is 13.1. The number of rotatable bonds is 3. The van der Waals surface area contributed by atoms with Gasteiger partial charge >= 0.3 is 0 Å². The van der Waals surface area contributed by atoms with Crippen molar-refractivity contribution in [2.45, 2.75) is 19.4 Å². The van der Waals surface area contributed by atoms with Gasteiger partial charge in [0.05, 0.1) is 16.8 Å². The van der Waals surface area contributed by atoms with Gasteiger partial charge in [-0.25, -0.2) is 4.98 Å². The fraction of sp³-hybridized carbons (Fsp3) is 0.143. The predicted molar refractivity (Wildman–Crippen MR) is 111 cm³/mol. The number of pyridine rings is 2. The standard InChI is InChI=1S/C21H16BrN5O/c22-14-3-4-18-16(10-14)17(12-19(24-18)13-5-7-23-8-6-13)21(28)25-20-11-15-2-1-9-27(15)26-20/h3-8,10-12H,1-2,9H2,(H,25,26,28). The molecule has 0 saturated carbocycles. The fourth-order valence-corrected chi connectivity index (χ4v) is 3.92. The summed E-state index contributed by atoms with van der Waals surface area (Å²) in [6.07, 6.45) is 5.54. The van der Waals surface area contributed by atoms with Crippen molar-refractivity contribution in [1.29, 1.82) is 0 Å². The van der Waals surface area contributed by atoms with Crippen LogP contribution in [-0.2, 0) is 13.0 Å². The Hall–Kier alpha value is -3.06. The Balaban J connectivity index is 1.59. The lowest BCUT2D eigenvalue weighted by atomic mass is 10.0. The molecular formula is C21H16BrN5O. The van der Waals surface area contributed by atoms with Crippen molar-refractivity contribution in [2.75, 3.05) is 5.32 Å². The first-order valence-electron chi connectivity index (χ1n) is 9.06. The number of halogens is 1. The van der Waals surface area contributed by atoms with E-state index in [1.165, 1.54) is 0 Å². The molecule has 0 saturated heterocycles. The molecule has 1 amide bonds. The maximum absolute atomic E-state index is 13.1. The average molecular weight is 434 g/mol. The van der Waals surface area contributed by atoms with E-state index in [9.17, 15) is 4.79 Å². The van der Waals surface area contributed by atoms with E-state index in [0.717, 1.165) is 51.7 Å². The highest BCUT2D eigenvalue weighted by molar-refractivity contribution is 9.10. The highest BCUT2D eigenvalue weighted by Gasteiger charge is 2.18. The zero-order chi connectivity index (χ0) is 19.1. The number of hydrogen-bond acceptors (Lipinski definition) is 4. The molecule has 0 bridgehead atoms. The lowest BCUT2D eigenvalue weighted by Gasteiger charge is -2.10. The second-order valence-corrected chi connectivity index (χ2v) is 7.67. The number of amides is 1. The van der Waals surface area contributed by atoms with Gasteiger partial charge in [-0.05, 0) is 49.2 Å². The van der Waals surface area contributed by atoms with Crippen LogP contribution in [0.25, 0.3) is 22.2 Å². The van der Waals surface area contributed by atoms with Crippen LogP contribution in [-0.4, -0.2) is 25.7 Å². The van der Waals surface area contributed by atoms with E-state index in [0.29, 0.717) is 11.4 Å². The number of benzene rings is 1. The van der Waals surface area contributed by atoms with Crippen molar-refractivity contribution in [2.24, 2.45) is 0 Å². The van der Waals surface area contributed by atoms with Crippen molar-refractivity contribution >= 4 is 38.6 Å². The van der Waals surface area contributed by atoms with Gasteiger partial charge in [-0.15, -0.1) is 0 Å². The van der Waals surface area contributed by atoms with Gasteiger partial charge in [0.1, 0.15) is 0 Å². The Bertz CT molecular complexity index is 1180. The molecule has 6 nitrogen and oxygen atoms in total. The summed E-state index contributed by atoms with van der Waals surface area (Å²) in [5.41, 5.74) is 4.13. The number of carbonyl (C=O) groups excluding carboxylic acids is 1. The largest absolute Gasteiger partial charge is 0.305 e. The molecule has 1 N–H and O–H groups in total. The molecule has 1 aromatic carbocycles. The first-order valence-corrected chi connectivity index (χ1v) is 9.85. The summed E-state index contributed by atoms with van der Waals surface area (Å²) < 4.78 is 2.85. The van der Waals surface area contributed by atoms with Crippen LogP contribution in [0.1, 0.15) is 22.5 Å². The van der Waals surface area contributed by atoms with Crippen molar-refractivity contribution in [3.8, 4) is 11.3 Å². The number of aromatic nitrogens is 4. The van der Waals surface area contributed by atoms with Crippen molar-refractivity contribution in [3.63, 3.8) is 0 Å². The molecule has 1 aliphatic heterocycles. The van der Waals surface area contributed by atoms with Gasteiger partial charge in [0, 0.05) is 46.1 Å². The number of fused-ring (bicyclic) bond motifs is 2. The first-order chi connectivity index (χ1) is 13.7. The summed E-state index contributed by atoms with van der Waals surface area (Å²) in [5, 5.41) is 8.23. The van der Waals surface area contributed by atoms with Crippen molar-refractivity contribution in [3.05, 3.63) is 70.6 Å². The van der Waals surface area contributed by atoms with Crippen molar-refractivity contribution in [1.82, 2.24) is 19.7 Å². The molecule has 7 heteroatoms. The fourth-order valence-electron chi connectivity index (χ4n) is 3.56. The van der Waals surface area contributed by atoms with E-state index in [2.05, 4.69) is 31.3 Å². The summed E-state index contributed by atoms with van der Waals surface area (Å²) in [4.78, 5) is 21.9. The van der Waals surface area contributed by atoms with Gasteiger partial charge in [-0.1, -0.05) is 15.9 Å². The molecule has 0 aliphatic carbocycles. The minimum atomic E-state index is -0.197. The summed E-state index contributed by atoms with van der Waals surface area (Å²) in [6, 6.07) is 13.3. The zero-order valence-electron chi connectivity index (χ0n) is 14.9. The van der Waals surface area contributed by atoms with E-state index >= 15 is 0 Å². The van der Waals surface area contributed by atoms with Crippen LogP contribution in [0.3, 0.4) is 0 Å². The third-order valence-electron chi connectivity index (χ3n) is 4.90. The van der Waals surface area contributed by atoms with Gasteiger partial charge in [-0.3, -0.25) is 14.5 Å².